The molecule has 0 aliphatic heterocycles. The molecule has 0 aromatic heterocycles. The lowest BCUT2D eigenvalue weighted by Gasteiger charge is -2.37. The van der Waals surface area contributed by atoms with Gasteiger partial charge in [0.1, 0.15) is 0 Å². The fourth-order valence-corrected chi connectivity index (χ4v) is 2.83. The van der Waals surface area contributed by atoms with Crippen molar-refractivity contribution in [3.05, 3.63) is 0 Å². The van der Waals surface area contributed by atoms with E-state index in [1.54, 1.807) is 0 Å². The van der Waals surface area contributed by atoms with Gasteiger partial charge in [0, 0.05) is 14.2 Å². The molecule has 0 aromatic rings. The van der Waals surface area contributed by atoms with E-state index in [0.29, 0.717) is 0 Å². The van der Waals surface area contributed by atoms with E-state index in [2.05, 4.69) is 20.8 Å². The minimum atomic E-state index is -0.0852. The molecule has 0 spiro atoms. The molecule has 0 bridgehead atoms. The third-order valence-corrected chi connectivity index (χ3v) is 4.29. The van der Waals surface area contributed by atoms with Crippen molar-refractivity contribution in [3.63, 3.8) is 0 Å². The Morgan fingerprint density at radius 3 is 1.83 bits per heavy atom. The van der Waals surface area contributed by atoms with Crippen LogP contribution >= 0.6 is 0 Å². The molecule has 0 radical (unpaired) electrons. The van der Waals surface area contributed by atoms with E-state index in [1.807, 2.05) is 14.2 Å². The Bertz CT molecular complexity index is 168. The molecule has 0 rings (SSSR count). The first-order chi connectivity index (χ1) is 8.70. The first kappa shape index (κ1) is 17.9. The minimum Gasteiger partial charge on any atom is -0.378 e. The fourth-order valence-electron chi connectivity index (χ4n) is 2.83. The molecule has 18 heavy (non-hydrogen) atoms. The second-order valence-electron chi connectivity index (χ2n) is 5.26. The summed E-state index contributed by atoms with van der Waals surface area (Å²) in [5, 5.41) is 0. The molecule has 0 heterocycles. The van der Waals surface area contributed by atoms with Gasteiger partial charge in [0.25, 0.3) is 0 Å². The molecule has 0 saturated carbocycles. The predicted molar refractivity (Wildman–Crippen MR) is 79.1 cm³/mol. The molecule has 0 amide bonds. The van der Waals surface area contributed by atoms with Gasteiger partial charge in [-0.15, -0.1) is 0 Å². The van der Waals surface area contributed by atoms with Crippen molar-refractivity contribution < 1.29 is 9.47 Å². The van der Waals surface area contributed by atoms with Crippen molar-refractivity contribution >= 4 is 0 Å². The van der Waals surface area contributed by atoms with Crippen molar-refractivity contribution in [2.24, 2.45) is 0 Å². The molecule has 2 nitrogen and oxygen atoms in total. The molecule has 1 unspecified atom stereocenters. The summed E-state index contributed by atoms with van der Waals surface area (Å²) in [6, 6.07) is 0. The maximum atomic E-state index is 5.76. The summed E-state index contributed by atoms with van der Waals surface area (Å²) >= 11 is 0. The molecular formula is C16H34O2. The normalized spacial score (nSPS) is 13.8. The quantitative estimate of drug-likeness (QED) is 0.461. The molecule has 2 heteroatoms. The molecule has 0 aromatic carbocycles. The van der Waals surface area contributed by atoms with E-state index in [0.717, 1.165) is 19.3 Å². The first-order valence-corrected chi connectivity index (χ1v) is 7.78. The molecular weight excluding hydrogens is 224 g/mol. The van der Waals surface area contributed by atoms with E-state index in [4.69, 9.17) is 9.47 Å². The van der Waals surface area contributed by atoms with Crippen LogP contribution in [-0.2, 0) is 9.47 Å². The van der Waals surface area contributed by atoms with Gasteiger partial charge in [-0.2, -0.15) is 0 Å². The van der Waals surface area contributed by atoms with Crippen LogP contribution in [-0.4, -0.2) is 25.9 Å². The monoisotopic (exact) mass is 258 g/mol. The average Bonchev–Trinajstić information content (AvgIpc) is 2.42. The highest BCUT2D eigenvalue weighted by Gasteiger charge is 2.35. The van der Waals surface area contributed by atoms with Crippen LogP contribution in [0.3, 0.4) is 0 Å². The maximum Gasteiger partial charge on any atom is 0.0933 e. The van der Waals surface area contributed by atoms with E-state index >= 15 is 0 Å². The summed E-state index contributed by atoms with van der Waals surface area (Å²) in [5.41, 5.74) is -0.0852. The fraction of sp³-hybridized carbons (Fsp3) is 1.00. The zero-order chi connectivity index (χ0) is 13.9. The Morgan fingerprint density at radius 1 is 0.833 bits per heavy atom. The number of rotatable bonds is 12. The smallest absolute Gasteiger partial charge is 0.0933 e. The van der Waals surface area contributed by atoms with Gasteiger partial charge in [-0.3, -0.25) is 0 Å². The Hall–Kier alpha value is -0.0800. The molecule has 0 fully saturated rings. The van der Waals surface area contributed by atoms with Crippen LogP contribution in [0.2, 0.25) is 0 Å². The Labute approximate surface area is 114 Å². The van der Waals surface area contributed by atoms with Crippen LogP contribution in [0.25, 0.3) is 0 Å². The zero-order valence-corrected chi connectivity index (χ0v) is 13.3. The van der Waals surface area contributed by atoms with Crippen molar-refractivity contribution in [2.75, 3.05) is 14.2 Å². The van der Waals surface area contributed by atoms with Gasteiger partial charge in [0.2, 0.25) is 0 Å². The summed E-state index contributed by atoms with van der Waals surface area (Å²) < 4.78 is 11.5. The van der Waals surface area contributed by atoms with Gasteiger partial charge in [-0.25, -0.2) is 0 Å². The Kier molecular flexibility index (Phi) is 10.8. The summed E-state index contributed by atoms with van der Waals surface area (Å²) in [5.74, 6) is 0. The standard InChI is InChI=1S/C16H34O2/c1-6-9-10-11-12-13-14-15(17-4)16(7-2,8-3)18-5/h15H,6-14H2,1-5H3. The number of methoxy groups -OCH3 is 2. The second kappa shape index (κ2) is 10.8. The van der Waals surface area contributed by atoms with Crippen molar-refractivity contribution in [2.45, 2.75) is 90.3 Å². The van der Waals surface area contributed by atoms with Crippen LogP contribution in [0.1, 0.15) is 78.6 Å². The van der Waals surface area contributed by atoms with Crippen LogP contribution < -0.4 is 0 Å². The lowest BCUT2D eigenvalue weighted by molar-refractivity contribution is -0.125. The van der Waals surface area contributed by atoms with E-state index in [1.165, 1.54) is 38.5 Å². The largest absolute Gasteiger partial charge is 0.378 e. The summed E-state index contributed by atoms with van der Waals surface area (Å²) in [6.07, 6.45) is 11.4. The summed E-state index contributed by atoms with van der Waals surface area (Å²) in [4.78, 5) is 0. The maximum absolute atomic E-state index is 5.76. The van der Waals surface area contributed by atoms with Crippen LogP contribution in [0.5, 0.6) is 0 Å². The number of ether oxygens (including phenoxy) is 2. The minimum absolute atomic E-state index is 0.0852. The molecule has 0 N–H and O–H groups in total. The van der Waals surface area contributed by atoms with Crippen LogP contribution in [0, 0.1) is 0 Å². The lowest BCUT2D eigenvalue weighted by Crippen LogP contribution is -2.44. The average molecular weight is 258 g/mol. The van der Waals surface area contributed by atoms with Gasteiger partial charge in [0.05, 0.1) is 11.7 Å². The van der Waals surface area contributed by atoms with Crippen molar-refractivity contribution in [1.29, 1.82) is 0 Å². The lowest BCUT2D eigenvalue weighted by atomic mass is 9.87. The highest BCUT2D eigenvalue weighted by atomic mass is 16.5. The van der Waals surface area contributed by atoms with E-state index in [-0.39, 0.29) is 11.7 Å². The topological polar surface area (TPSA) is 18.5 Å². The van der Waals surface area contributed by atoms with E-state index < -0.39 is 0 Å². The van der Waals surface area contributed by atoms with Gasteiger partial charge < -0.3 is 9.47 Å². The first-order valence-electron chi connectivity index (χ1n) is 7.78. The predicted octanol–water partition coefficient (Wildman–Crippen LogP) is 4.96. The van der Waals surface area contributed by atoms with Gasteiger partial charge >= 0.3 is 0 Å². The third-order valence-electron chi connectivity index (χ3n) is 4.29. The number of unbranched alkanes of at least 4 members (excludes halogenated alkanes) is 5. The van der Waals surface area contributed by atoms with Crippen molar-refractivity contribution in [1.82, 2.24) is 0 Å². The van der Waals surface area contributed by atoms with Gasteiger partial charge in [0.15, 0.2) is 0 Å². The van der Waals surface area contributed by atoms with Crippen molar-refractivity contribution in [3.8, 4) is 0 Å². The molecule has 110 valence electrons. The Morgan fingerprint density at radius 2 is 1.39 bits per heavy atom. The zero-order valence-electron chi connectivity index (χ0n) is 13.3. The molecule has 0 aliphatic carbocycles. The third kappa shape index (κ3) is 5.71. The molecule has 0 saturated heterocycles. The van der Waals surface area contributed by atoms with Crippen LogP contribution in [0.4, 0.5) is 0 Å². The summed E-state index contributed by atoms with van der Waals surface area (Å²) in [6.45, 7) is 6.65. The second-order valence-corrected chi connectivity index (χ2v) is 5.26. The highest BCUT2D eigenvalue weighted by molar-refractivity contribution is 4.86. The molecule has 0 aliphatic rings. The number of hydrogen-bond donors (Lipinski definition) is 0. The highest BCUT2D eigenvalue weighted by Crippen LogP contribution is 2.29. The van der Waals surface area contributed by atoms with Gasteiger partial charge in [-0.05, 0) is 19.3 Å². The Balaban J connectivity index is 4.01. The van der Waals surface area contributed by atoms with Crippen LogP contribution in [0.15, 0.2) is 0 Å². The SMILES string of the molecule is CCCCCCCCC(OC)C(CC)(CC)OC. The van der Waals surface area contributed by atoms with Gasteiger partial charge in [-0.1, -0.05) is 59.3 Å². The number of hydrogen-bond acceptors (Lipinski definition) is 2. The molecule has 1 atom stereocenters. The van der Waals surface area contributed by atoms with E-state index in [9.17, 15) is 0 Å². The summed E-state index contributed by atoms with van der Waals surface area (Å²) in [7, 11) is 3.64.